The first kappa shape index (κ1) is 11.6. The van der Waals surface area contributed by atoms with Crippen molar-refractivity contribution in [3.63, 3.8) is 0 Å². The lowest BCUT2D eigenvalue weighted by Gasteiger charge is -2.04. The Balaban J connectivity index is 2.32. The Bertz CT molecular complexity index is 323. The van der Waals surface area contributed by atoms with Crippen molar-refractivity contribution < 1.29 is 9.53 Å². The SMILES string of the molecule is CCOC(=O)CCCc1ccccc1N. The average molecular weight is 207 g/mol. The number of aryl methyl sites for hydroxylation is 1. The number of esters is 1. The molecule has 0 aliphatic rings. The summed E-state index contributed by atoms with van der Waals surface area (Å²) in [5.74, 6) is -0.132. The molecule has 0 aliphatic heterocycles. The molecule has 3 heteroatoms. The summed E-state index contributed by atoms with van der Waals surface area (Å²) in [4.78, 5) is 11.1. The van der Waals surface area contributed by atoms with Crippen LogP contribution in [0, 0.1) is 0 Å². The largest absolute Gasteiger partial charge is 0.466 e. The molecule has 1 aromatic rings. The third-order valence-electron chi connectivity index (χ3n) is 2.19. The molecule has 2 N–H and O–H groups in total. The Labute approximate surface area is 90.2 Å². The first-order valence-electron chi connectivity index (χ1n) is 5.23. The molecular weight excluding hydrogens is 190 g/mol. The predicted molar refractivity (Wildman–Crippen MR) is 60.4 cm³/mol. The molecule has 0 unspecified atom stereocenters. The van der Waals surface area contributed by atoms with Gasteiger partial charge < -0.3 is 10.5 Å². The van der Waals surface area contributed by atoms with Crippen LogP contribution in [0.3, 0.4) is 0 Å². The summed E-state index contributed by atoms with van der Waals surface area (Å²) in [6.45, 7) is 2.26. The Morgan fingerprint density at radius 1 is 1.40 bits per heavy atom. The van der Waals surface area contributed by atoms with Crippen molar-refractivity contribution in [1.29, 1.82) is 0 Å². The number of nitrogen functional groups attached to an aromatic ring is 1. The van der Waals surface area contributed by atoms with E-state index in [1.165, 1.54) is 0 Å². The van der Waals surface area contributed by atoms with Crippen LogP contribution in [0.25, 0.3) is 0 Å². The highest BCUT2D eigenvalue weighted by atomic mass is 16.5. The molecule has 0 bridgehead atoms. The summed E-state index contributed by atoms with van der Waals surface area (Å²) in [6.07, 6.45) is 2.07. The van der Waals surface area contributed by atoms with Gasteiger partial charge in [-0.25, -0.2) is 0 Å². The van der Waals surface area contributed by atoms with Crippen LogP contribution in [0.1, 0.15) is 25.3 Å². The molecule has 0 saturated heterocycles. The number of benzene rings is 1. The van der Waals surface area contributed by atoms with Crippen LogP contribution < -0.4 is 5.73 Å². The monoisotopic (exact) mass is 207 g/mol. The zero-order valence-electron chi connectivity index (χ0n) is 9.03. The maximum Gasteiger partial charge on any atom is 0.305 e. The van der Waals surface area contributed by atoms with E-state index >= 15 is 0 Å². The summed E-state index contributed by atoms with van der Waals surface area (Å²) in [5, 5.41) is 0. The van der Waals surface area contributed by atoms with Crippen molar-refractivity contribution in [1.82, 2.24) is 0 Å². The Kier molecular flexibility index (Phi) is 4.68. The van der Waals surface area contributed by atoms with Gasteiger partial charge in [0, 0.05) is 12.1 Å². The molecule has 0 aliphatic carbocycles. The first-order chi connectivity index (χ1) is 7.24. The van der Waals surface area contributed by atoms with Crippen molar-refractivity contribution in [2.45, 2.75) is 26.2 Å². The van der Waals surface area contributed by atoms with Crippen molar-refractivity contribution in [2.24, 2.45) is 0 Å². The number of hydrogen-bond acceptors (Lipinski definition) is 3. The maximum atomic E-state index is 11.1. The minimum Gasteiger partial charge on any atom is -0.466 e. The van der Waals surface area contributed by atoms with Crippen molar-refractivity contribution in [3.8, 4) is 0 Å². The molecular formula is C12H17NO2. The van der Waals surface area contributed by atoms with Gasteiger partial charge in [-0.05, 0) is 31.4 Å². The van der Waals surface area contributed by atoms with Crippen LogP contribution in [0.2, 0.25) is 0 Å². The molecule has 3 nitrogen and oxygen atoms in total. The van der Waals surface area contributed by atoms with E-state index in [0.717, 1.165) is 24.1 Å². The summed E-state index contributed by atoms with van der Waals surface area (Å²) in [7, 11) is 0. The molecule has 1 aromatic carbocycles. The van der Waals surface area contributed by atoms with Crippen LogP contribution >= 0.6 is 0 Å². The molecule has 0 radical (unpaired) electrons. The fraction of sp³-hybridized carbons (Fsp3) is 0.417. The van der Waals surface area contributed by atoms with Gasteiger partial charge in [-0.2, -0.15) is 0 Å². The zero-order valence-corrected chi connectivity index (χ0v) is 9.03. The minimum absolute atomic E-state index is 0.132. The van der Waals surface area contributed by atoms with Gasteiger partial charge in [0.25, 0.3) is 0 Å². The summed E-state index contributed by atoms with van der Waals surface area (Å²) in [6, 6.07) is 7.72. The van der Waals surface area contributed by atoms with Crippen molar-refractivity contribution in [2.75, 3.05) is 12.3 Å². The highest BCUT2D eigenvalue weighted by Gasteiger charge is 2.03. The van der Waals surface area contributed by atoms with Gasteiger partial charge in [0.1, 0.15) is 0 Å². The van der Waals surface area contributed by atoms with E-state index in [1.807, 2.05) is 31.2 Å². The van der Waals surface area contributed by atoms with Gasteiger partial charge in [-0.15, -0.1) is 0 Å². The van der Waals surface area contributed by atoms with Crippen LogP contribution in [0.5, 0.6) is 0 Å². The average Bonchev–Trinajstić information content (AvgIpc) is 2.21. The molecule has 0 saturated carbocycles. The van der Waals surface area contributed by atoms with Gasteiger partial charge in [-0.1, -0.05) is 18.2 Å². The normalized spacial score (nSPS) is 9.93. The van der Waals surface area contributed by atoms with E-state index in [1.54, 1.807) is 0 Å². The number of hydrogen-bond donors (Lipinski definition) is 1. The van der Waals surface area contributed by atoms with Gasteiger partial charge >= 0.3 is 5.97 Å². The third kappa shape index (κ3) is 4.02. The smallest absolute Gasteiger partial charge is 0.305 e. The number of ether oxygens (including phenoxy) is 1. The van der Waals surface area contributed by atoms with Crippen LogP contribution in [0.4, 0.5) is 5.69 Å². The van der Waals surface area contributed by atoms with Gasteiger partial charge in [-0.3, -0.25) is 4.79 Å². The van der Waals surface area contributed by atoms with Gasteiger partial charge in [0.05, 0.1) is 6.61 Å². The number of carbonyl (C=O) groups excluding carboxylic acids is 1. The van der Waals surface area contributed by atoms with Gasteiger partial charge in [0.2, 0.25) is 0 Å². The fourth-order valence-corrected chi connectivity index (χ4v) is 1.42. The number of para-hydroxylation sites is 1. The topological polar surface area (TPSA) is 52.3 Å². The third-order valence-corrected chi connectivity index (χ3v) is 2.19. The highest BCUT2D eigenvalue weighted by Crippen LogP contribution is 2.13. The van der Waals surface area contributed by atoms with E-state index in [-0.39, 0.29) is 5.97 Å². The van der Waals surface area contributed by atoms with Crippen LogP contribution in [0.15, 0.2) is 24.3 Å². The van der Waals surface area contributed by atoms with Gasteiger partial charge in [0.15, 0.2) is 0 Å². The minimum atomic E-state index is -0.132. The highest BCUT2D eigenvalue weighted by molar-refractivity contribution is 5.69. The zero-order chi connectivity index (χ0) is 11.1. The molecule has 82 valence electrons. The molecule has 0 heterocycles. The van der Waals surface area contributed by atoms with E-state index in [2.05, 4.69) is 0 Å². The lowest BCUT2D eigenvalue weighted by Crippen LogP contribution is -2.04. The molecule has 0 fully saturated rings. The Morgan fingerprint density at radius 2 is 2.13 bits per heavy atom. The second kappa shape index (κ2) is 6.06. The van der Waals surface area contributed by atoms with Crippen LogP contribution in [-0.2, 0) is 16.0 Å². The van der Waals surface area contributed by atoms with E-state index in [4.69, 9.17) is 10.5 Å². The lowest BCUT2D eigenvalue weighted by atomic mass is 10.1. The fourth-order valence-electron chi connectivity index (χ4n) is 1.42. The summed E-state index contributed by atoms with van der Waals surface area (Å²) >= 11 is 0. The molecule has 0 amide bonds. The lowest BCUT2D eigenvalue weighted by molar-refractivity contribution is -0.143. The molecule has 0 aromatic heterocycles. The number of nitrogens with two attached hydrogens (primary N) is 1. The maximum absolute atomic E-state index is 11.1. The second-order valence-electron chi connectivity index (χ2n) is 3.36. The molecule has 15 heavy (non-hydrogen) atoms. The standard InChI is InChI=1S/C12H17NO2/c1-2-15-12(14)9-5-7-10-6-3-4-8-11(10)13/h3-4,6,8H,2,5,7,9,13H2,1H3. The van der Waals surface area contributed by atoms with Crippen molar-refractivity contribution in [3.05, 3.63) is 29.8 Å². The number of carbonyl (C=O) groups is 1. The first-order valence-corrected chi connectivity index (χ1v) is 5.23. The second-order valence-corrected chi connectivity index (χ2v) is 3.36. The Hall–Kier alpha value is -1.51. The Morgan fingerprint density at radius 3 is 2.80 bits per heavy atom. The summed E-state index contributed by atoms with van der Waals surface area (Å²) < 4.78 is 4.84. The predicted octanol–water partition coefficient (Wildman–Crippen LogP) is 2.15. The molecule has 0 spiro atoms. The van der Waals surface area contributed by atoms with Crippen molar-refractivity contribution >= 4 is 11.7 Å². The number of rotatable bonds is 5. The quantitative estimate of drug-likeness (QED) is 0.594. The van der Waals surface area contributed by atoms with E-state index < -0.39 is 0 Å². The van der Waals surface area contributed by atoms with E-state index in [9.17, 15) is 4.79 Å². The summed E-state index contributed by atoms with van der Waals surface area (Å²) in [5.41, 5.74) is 7.67. The molecule has 0 atom stereocenters. The van der Waals surface area contributed by atoms with E-state index in [0.29, 0.717) is 13.0 Å². The molecule has 1 rings (SSSR count). The number of anilines is 1. The van der Waals surface area contributed by atoms with Crippen LogP contribution in [-0.4, -0.2) is 12.6 Å².